The molecule has 0 aliphatic heterocycles. The Hall–Kier alpha value is -1.92. The summed E-state index contributed by atoms with van der Waals surface area (Å²) in [5.41, 5.74) is 0.934. The fraction of sp³-hybridized carbons (Fsp3) is 0.435. The van der Waals surface area contributed by atoms with Crippen molar-refractivity contribution in [2.75, 3.05) is 6.54 Å². The van der Waals surface area contributed by atoms with E-state index in [4.69, 9.17) is 0 Å². The van der Waals surface area contributed by atoms with Crippen LogP contribution in [0, 0.1) is 5.82 Å². The van der Waals surface area contributed by atoms with Crippen molar-refractivity contribution in [2.24, 2.45) is 0 Å². The van der Waals surface area contributed by atoms with Gasteiger partial charge in [0.1, 0.15) is 5.82 Å². The summed E-state index contributed by atoms with van der Waals surface area (Å²) >= 11 is 0. The van der Waals surface area contributed by atoms with E-state index >= 15 is 0 Å². The zero-order valence-electron chi connectivity index (χ0n) is 16.6. The third kappa shape index (κ3) is 6.81. The Morgan fingerprint density at radius 3 is 2.10 bits per heavy atom. The number of Topliss-reactive ketones (excluding diaryl/α,β-unsaturated/α-hetero) is 1. The summed E-state index contributed by atoms with van der Waals surface area (Å²) in [7, 11) is 0. The number of hydrogen-bond acceptors (Lipinski definition) is 1. The Kier molecular flexibility index (Phi) is 8.86. The SMILES string of the molecule is O=C(CCC[NH2+]C1CCC(c2ccc(C(F)(F)F)cc2)CC1)c1ccc(F)cc1.[Cl-]. The summed E-state index contributed by atoms with van der Waals surface area (Å²) < 4.78 is 51.0. The van der Waals surface area contributed by atoms with E-state index in [1.807, 2.05) is 0 Å². The van der Waals surface area contributed by atoms with Crippen LogP contribution in [-0.2, 0) is 6.18 Å². The molecule has 0 bridgehead atoms. The molecule has 2 aromatic rings. The van der Waals surface area contributed by atoms with Crippen LogP contribution in [0.5, 0.6) is 0 Å². The lowest BCUT2D eigenvalue weighted by Gasteiger charge is -2.27. The second-order valence-electron chi connectivity index (χ2n) is 7.79. The van der Waals surface area contributed by atoms with Crippen LogP contribution < -0.4 is 17.7 Å². The lowest BCUT2D eigenvalue weighted by molar-refractivity contribution is -0.692. The van der Waals surface area contributed by atoms with Crippen molar-refractivity contribution in [2.45, 2.75) is 56.7 Å². The molecule has 1 fully saturated rings. The number of quaternary nitrogens is 1. The molecule has 1 saturated carbocycles. The number of ketones is 1. The Bertz CT molecular complexity index is 797. The van der Waals surface area contributed by atoms with Crippen LogP contribution in [0.2, 0.25) is 0 Å². The first-order valence-corrected chi connectivity index (χ1v) is 10.1. The average molecular weight is 444 g/mol. The highest BCUT2D eigenvalue weighted by Crippen LogP contribution is 2.34. The zero-order valence-corrected chi connectivity index (χ0v) is 17.4. The Balaban J connectivity index is 0.00000320. The van der Waals surface area contributed by atoms with Crippen molar-refractivity contribution in [1.82, 2.24) is 0 Å². The third-order valence-electron chi connectivity index (χ3n) is 5.76. The summed E-state index contributed by atoms with van der Waals surface area (Å²) in [6.07, 6.45) is 0.929. The minimum Gasteiger partial charge on any atom is -1.00 e. The number of carbonyl (C=O) groups is 1. The van der Waals surface area contributed by atoms with Crippen LogP contribution in [0.3, 0.4) is 0 Å². The molecule has 0 aromatic heterocycles. The number of alkyl halides is 3. The molecule has 1 aliphatic carbocycles. The predicted molar refractivity (Wildman–Crippen MR) is 103 cm³/mol. The molecule has 0 amide bonds. The number of hydrogen-bond donors (Lipinski definition) is 1. The minimum atomic E-state index is -4.29. The predicted octanol–water partition coefficient (Wildman–Crippen LogP) is 2.10. The molecule has 164 valence electrons. The maximum atomic E-state index is 12.9. The second kappa shape index (κ2) is 10.9. The van der Waals surface area contributed by atoms with E-state index in [0.29, 0.717) is 23.9 Å². The van der Waals surface area contributed by atoms with Gasteiger partial charge in [-0.25, -0.2) is 4.39 Å². The first-order chi connectivity index (χ1) is 13.8. The molecule has 7 heteroatoms. The van der Waals surface area contributed by atoms with Crippen molar-refractivity contribution in [1.29, 1.82) is 0 Å². The largest absolute Gasteiger partial charge is 1.00 e. The molecule has 0 unspecified atom stereocenters. The molecule has 0 saturated heterocycles. The van der Waals surface area contributed by atoms with E-state index in [0.717, 1.165) is 44.2 Å². The van der Waals surface area contributed by atoms with Crippen LogP contribution in [0.4, 0.5) is 17.6 Å². The second-order valence-corrected chi connectivity index (χ2v) is 7.79. The number of nitrogens with two attached hydrogens (primary N) is 1. The highest BCUT2D eigenvalue weighted by molar-refractivity contribution is 5.95. The van der Waals surface area contributed by atoms with E-state index in [1.54, 1.807) is 12.1 Å². The highest BCUT2D eigenvalue weighted by Gasteiger charge is 2.31. The van der Waals surface area contributed by atoms with Crippen LogP contribution in [0.1, 0.15) is 65.9 Å². The molecule has 2 N–H and O–H groups in total. The summed E-state index contributed by atoms with van der Waals surface area (Å²) in [4.78, 5) is 12.1. The molecular formula is C23H26ClF4NO. The van der Waals surface area contributed by atoms with Gasteiger partial charge in [0, 0.05) is 18.4 Å². The van der Waals surface area contributed by atoms with Crippen LogP contribution in [0.25, 0.3) is 0 Å². The average Bonchev–Trinajstić information content (AvgIpc) is 2.71. The maximum absolute atomic E-state index is 12.9. The van der Waals surface area contributed by atoms with E-state index in [-0.39, 0.29) is 24.0 Å². The molecule has 0 atom stereocenters. The van der Waals surface area contributed by atoms with Gasteiger partial charge >= 0.3 is 6.18 Å². The minimum absolute atomic E-state index is 0. The Morgan fingerprint density at radius 1 is 0.933 bits per heavy atom. The van der Waals surface area contributed by atoms with Crippen molar-refractivity contribution in [3.63, 3.8) is 0 Å². The Morgan fingerprint density at radius 2 is 1.53 bits per heavy atom. The molecule has 2 aromatic carbocycles. The molecule has 1 aliphatic rings. The molecule has 30 heavy (non-hydrogen) atoms. The van der Waals surface area contributed by atoms with Crippen molar-refractivity contribution in [3.05, 3.63) is 71.0 Å². The smallest absolute Gasteiger partial charge is 0.416 e. The van der Waals surface area contributed by atoms with Gasteiger partial charge in [-0.1, -0.05) is 12.1 Å². The van der Waals surface area contributed by atoms with Gasteiger partial charge in [-0.05, 0) is 73.6 Å². The molecule has 2 nitrogen and oxygen atoms in total. The summed E-state index contributed by atoms with van der Waals surface area (Å²) in [6, 6.07) is 11.7. The van der Waals surface area contributed by atoms with Gasteiger partial charge in [-0.3, -0.25) is 4.79 Å². The van der Waals surface area contributed by atoms with Gasteiger partial charge in [0.2, 0.25) is 0 Å². The topological polar surface area (TPSA) is 33.7 Å². The summed E-state index contributed by atoms with van der Waals surface area (Å²) in [5.74, 6) is 0.00757. The Labute approximate surface area is 180 Å². The van der Waals surface area contributed by atoms with Gasteiger partial charge < -0.3 is 17.7 Å². The van der Waals surface area contributed by atoms with Crippen molar-refractivity contribution in [3.8, 4) is 0 Å². The van der Waals surface area contributed by atoms with Crippen molar-refractivity contribution >= 4 is 5.78 Å². The van der Waals surface area contributed by atoms with Gasteiger partial charge in [0.15, 0.2) is 5.78 Å². The molecule has 3 rings (SSSR count). The number of carbonyl (C=O) groups excluding carboxylic acids is 1. The molecule has 0 spiro atoms. The highest BCUT2D eigenvalue weighted by atomic mass is 35.5. The van der Waals surface area contributed by atoms with Gasteiger partial charge in [0.25, 0.3) is 0 Å². The molecule has 0 heterocycles. The lowest BCUT2D eigenvalue weighted by Crippen LogP contribution is -3.00. The number of benzene rings is 2. The summed E-state index contributed by atoms with van der Waals surface area (Å²) in [5, 5.41) is 2.28. The third-order valence-corrected chi connectivity index (χ3v) is 5.76. The van der Waals surface area contributed by atoms with Crippen LogP contribution >= 0.6 is 0 Å². The molecule has 0 radical (unpaired) electrons. The normalized spacial score (nSPS) is 19.2. The molecular weight excluding hydrogens is 418 g/mol. The van der Waals surface area contributed by atoms with Gasteiger partial charge in [-0.15, -0.1) is 0 Å². The quantitative estimate of drug-likeness (QED) is 0.397. The van der Waals surface area contributed by atoms with E-state index in [1.165, 1.54) is 36.4 Å². The summed E-state index contributed by atoms with van der Waals surface area (Å²) in [6.45, 7) is 0.864. The standard InChI is InChI=1S/C23H25F4NO.ClH/c24-20-11-5-18(6-12-20)22(29)2-1-15-28-21-13-7-17(8-14-21)16-3-9-19(10-4-16)23(25,26)27;/h3-6,9-12,17,21,28H,1-2,7-8,13-15H2;1H. The van der Waals surface area contributed by atoms with E-state index in [9.17, 15) is 22.4 Å². The van der Waals surface area contributed by atoms with Gasteiger partial charge in [0.05, 0.1) is 18.2 Å². The zero-order chi connectivity index (χ0) is 20.9. The van der Waals surface area contributed by atoms with Crippen LogP contribution in [0.15, 0.2) is 48.5 Å². The fourth-order valence-corrected chi connectivity index (χ4v) is 4.03. The lowest BCUT2D eigenvalue weighted by atomic mass is 9.81. The van der Waals surface area contributed by atoms with Gasteiger partial charge in [-0.2, -0.15) is 13.2 Å². The first-order valence-electron chi connectivity index (χ1n) is 10.1. The first kappa shape index (κ1) is 24.4. The van der Waals surface area contributed by atoms with E-state index in [2.05, 4.69) is 5.32 Å². The maximum Gasteiger partial charge on any atom is 0.416 e. The fourth-order valence-electron chi connectivity index (χ4n) is 4.03. The van der Waals surface area contributed by atoms with Crippen molar-refractivity contribution < 1.29 is 40.1 Å². The number of halogens is 5. The number of rotatable bonds is 7. The van der Waals surface area contributed by atoms with E-state index < -0.39 is 11.7 Å². The van der Waals surface area contributed by atoms with Crippen LogP contribution in [-0.4, -0.2) is 18.4 Å². The monoisotopic (exact) mass is 443 g/mol.